The standard InChI is InChI=1S/C18H16F3N5O2/c1-2-15(27)26-9-5-12(6-10-26)16-17(23-8-7-22-16)25-13-3-4-14(24-11-13)28-18(19,20)21/h2-5,7-8,11H,1,6,9-10H2,(H,23,25). The lowest BCUT2D eigenvalue weighted by molar-refractivity contribution is -0.276. The molecule has 7 nitrogen and oxygen atoms in total. The van der Waals surface area contributed by atoms with Gasteiger partial charge < -0.3 is 15.0 Å². The van der Waals surface area contributed by atoms with E-state index in [-0.39, 0.29) is 5.91 Å². The Morgan fingerprint density at radius 2 is 2.04 bits per heavy atom. The first-order chi connectivity index (χ1) is 13.4. The van der Waals surface area contributed by atoms with Gasteiger partial charge in [-0.15, -0.1) is 13.2 Å². The summed E-state index contributed by atoms with van der Waals surface area (Å²) in [5.41, 5.74) is 1.94. The number of hydrogen-bond donors (Lipinski definition) is 1. The molecule has 28 heavy (non-hydrogen) atoms. The number of halogens is 3. The maximum absolute atomic E-state index is 12.2. The van der Waals surface area contributed by atoms with E-state index in [9.17, 15) is 18.0 Å². The zero-order chi connectivity index (χ0) is 20.1. The van der Waals surface area contributed by atoms with Crippen molar-refractivity contribution in [2.45, 2.75) is 12.8 Å². The summed E-state index contributed by atoms with van der Waals surface area (Å²) in [6, 6.07) is 2.50. The van der Waals surface area contributed by atoms with Gasteiger partial charge in [0, 0.05) is 31.5 Å². The Labute approximate surface area is 158 Å². The molecule has 3 rings (SSSR count). The molecule has 0 spiro atoms. The highest BCUT2D eigenvalue weighted by Gasteiger charge is 2.31. The maximum atomic E-state index is 12.2. The van der Waals surface area contributed by atoms with Crippen molar-refractivity contribution in [3.63, 3.8) is 0 Å². The second-order valence-electron chi connectivity index (χ2n) is 5.78. The fraction of sp³-hybridized carbons (Fsp3) is 0.222. The molecule has 1 amide bonds. The monoisotopic (exact) mass is 391 g/mol. The zero-order valence-electron chi connectivity index (χ0n) is 14.6. The Balaban J connectivity index is 1.75. The minimum atomic E-state index is -4.80. The van der Waals surface area contributed by atoms with Crippen LogP contribution in [0.5, 0.6) is 5.88 Å². The normalized spacial score (nSPS) is 14.2. The second-order valence-corrected chi connectivity index (χ2v) is 5.78. The molecule has 1 N–H and O–H groups in total. The number of amides is 1. The first kappa shape index (κ1) is 19.3. The highest BCUT2D eigenvalue weighted by Crippen LogP contribution is 2.28. The number of nitrogens with zero attached hydrogens (tertiary/aromatic N) is 4. The van der Waals surface area contributed by atoms with Crippen LogP contribution >= 0.6 is 0 Å². The first-order valence-electron chi connectivity index (χ1n) is 8.26. The lowest BCUT2D eigenvalue weighted by atomic mass is 10.0. The summed E-state index contributed by atoms with van der Waals surface area (Å²) in [6.45, 7) is 4.44. The van der Waals surface area contributed by atoms with E-state index < -0.39 is 12.2 Å². The Hall–Kier alpha value is -3.43. The number of alkyl halides is 3. The van der Waals surface area contributed by atoms with Crippen molar-refractivity contribution in [2.24, 2.45) is 0 Å². The van der Waals surface area contributed by atoms with Gasteiger partial charge in [-0.3, -0.25) is 9.78 Å². The minimum absolute atomic E-state index is 0.139. The van der Waals surface area contributed by atoms with Crippen LogP contribution in [0.15, 0.2) is 49.5 Å². The highest BCUT2D eigenvalue weighted by molar-refractivity contribution is 5.88. The van der Waals surface area contributed by atoms with Crippen molar-refractivity contribution in [3.05, 3.63) is 55.1 Å². The molecule has 1 aliphatic rings. The number of rotatable bonds is 5. The lowest BCUT2D eigenvalue weighted by Gasteiger charge is -2.25. The lowest BCUT2D eigenvalue weighted by Crippen LogP contribution is -2.33. The van der Waals surface area contributed by atoms with Crippen LogP contribution in [0.2, 0.25) is 0 Å². The smallest absolute Gasteiger partial charge is 0.388 e. The summed E-state index contributed by atoms with van der Waals surface area (Å²) in [7, 11) is 0. The molecule has 10 heteroatoms. The topological polar surface area (TPSA) is 80.2 Å². The van der Waals surface area contributed by atoms with Gasteiger partial charge in [0.05, 0.1) is 11.9 Å². The van der Waals surface area contributed by atoms with Crippen LogP contribution in [0.3, 0.4) is 0 Å². The van der Waals surface area contributed by atoms with Gasteiger partial charge in [-0.1, -0.05) is 12.7 Å². The van der Waals surface area contributed by atoms with E-state index >= 15 is 0 Å². The largest absolute Gasteiger partial charge is 0.574 e. The quantitative estimate of drug-likeness (QED) is 0.788. The van der Waals surface area contributed by atoms with Crippen LogP contribution in [0.1, 0.15) is 12.1 Å². The van der Waals surface area contributed by atoms with E-state index in [1.165, 1.54) is 24.5 Å². The van der Waals surface area contributed by atoms with E-state index in [1.807, 2.05) is 6.08 Å². The third-order valence-electron chi connectivity index (χ3n) is 3.92. The third kappa shape index (κ3) is 4.84. The number of hydrogen-bond acceptors (Lipinski definition) is 6. The number of carbonyl (C=O) groups is 1. The van der Waals surface area contributed by atoms with Crippen LogP contribution in [0, 0.1) is 0 Å². The van der Waals surface area contributed by atoms with Gasteiger partial charge in [0.2, 0.25) is 11.8 Å². The molecule has 2 aromatic rings. The molecule has 0 bridgehead atoms. The maximum Gasteiger partial charge on any atom is 0.574 e. The van der Waals surface area contributed by atoms with Gasteiger partial charge in [0.1, 0.15) is 5.69 Å². The molecule has 0 fully saturated rings. The first-order valence-corrected chi connectivity index (χ1v) is 8.26. The van der Waals surface area contributed by atoms with Gasteiger partial charge in [0.25, 0.3) is 0 Å². The number of aromatic nitrogens is 3. The number of nitrogens with one attached hydrogen (secondary N) is 1. The molecular weight excluding hydrogens is 375 g/mol. The third-order valence-corrected chi connectivity index (χ3v) is 3.92. The summed E-state index contributed by atoms with van der Waals surface area (Å²) >= 11 is 0. The molecule has 0 radical (unpaired) electrons. The summed E-state index contributed by atoms with van der Waals surface area (Å²) in [5, 5.41) is 2.99. The van der Waals surface area contributed by atoms with Crippen LogP contribution < -0.4 is 10.1 Å². The molecule has 2 aromatic heterocycles. The summed E-state index contributed by atoms with van der Waals surface area (Å²) in [4.78, 5) is 25.6. The zero-order valence-corrected chi connectivity index (χ0v) is 14.6. The van der Waals surface area contributed by atoms with Crippen molar-refractivity contribution in [3.8, 4) is 5.88 Å². The Kier molecular flexibility index (Phi) is 5.57. The fourth-order valence-corrected chi connectivity index (χ4v) is 2.65. The van der Waals surface area contributed by atoms with E-state index in [4.69, 9.17) is 0 Å². The van der Waals surface area contributed by atoms with Gasteiger partial charge in [-0.2, -0.15) is 0 Å². The van der Waals surface area contributed by atoms with Crippen molar-refractivity contribution >= 4 is 23.0 Å². The Bertz CT molecular complexity index is 897. The van der Waals surface area contributed by atoms with Crippen molar-refractivity contribution in [1.29, 1.82) is 0 Å². The second kappa shape index (κ2) is 8.07. The van der Waals surface area contributed by atoms with E-state index in [0.717, 1.165) is 11.6 Å². The van der Waals surface area contributed by atoms with Gasteiger partial charge in [-0.05, 0) is 24.1 Å². The van der Waals surface area contributed by atoms with Gasteiger partial charge >= 0.3 is 6.36 Å². The molecule has 0 saturated heterocycles. The SMILES string of the molecule is C=CC(=O)N1CC=C(c2nccnc2Nc2ccc(OC(F)(F)F)nc2)CC1. The van der Waals surface area contributed by atoms with Gasteiger partial charge in [0.15, 0.2) is 5.82 Å². The highest BCUT2D eigenvalue weighted by atomic mass is 19.4. The average molecular weight is 391 g/mol. The number of ether oxygens (including phenoxy) is 1. The van der Waals surface area contributed by atoms with Crippen molar-refractivity contribution in [1.82, 2.24) is 19.9 Å². The van der Waals surface area contributed by atoms with Crippen LogP contribution in [0.4, 0.5) is 24.7 Å². The predicted molar refractivity (Wildman–Crippen MR) is 95.6 cm³/mol. The van der Waals surface area contributed by atoms with Crippen molar-refractivity contribution < 1.29 is 22.7 Å². The summed E-state index contributed by atoms with van der Waals surface area (Å²) in [6.07, 6.45) is 3.20. The summed E-state index contributed by atoms with van der Waals surface area (Å²) in [5.74, 6) is -0.261. The number of pyridine rings is 1. The van der Waals surface area contributed by atoms with Crippen LogP contribution in [-0.2, 0) is 4.79 Å². The molecule has 0 unspecified atom stereocenters. The molecular formula is C18H16F3N5O2. The molecule has 3 heterocycles. The van der Waals surface area contributed by atoms with E-state index in [0.29, 0.717) is 36.7 Å². The Morgan fingerprint density at radius 1 is 1.25 bits per heavy atom. The molecule has 0 saturated carbocycles. The molecule has 1 aliphatic heterocycles. The fourth-order valence-electron chi connectivity index (χ4n) is 2.65. The van der Waals surface area contributed by atoms with Crippen molar-refractivity contribution in [2.75, 3.05) is 18.4 Å². The van der Waals surface area contributed by atoms with Crippen LogP contribution in [0.25, 0.3) is 5.57 Å². The summed E-state index contributed by atoms with van der Waals surface area (Å²) < 4.78 is 40.4. The average Bonchev–Trinajstić information content (AvgIpc) is 2.68. The van der Waals surface area contributed by atoms with Crippen LogP contribution in [-0.4, -0.2) is 45.2 Å². The van der Waals surface area contributed by atoms with Gasteiger partial charge in [-0.25, -0.2) is 9.97 Å². The molecule has 0 atom stereocenters. The number of anilines is 2. The molecule has 0 aromatic carbocycles. The molecule has 0 aliphatic carbocycles. The minimum Gasteiger partial charge on any atom is -0.388 e. The Morgan fingerprint density at radius 3 is 2.64 bits per heavy atom. The number of carbonyl (C=O) groups excluding carboxylic acids is 1. The molecule has 146 valence electrons. The van der Waals surface area contributed by atoms with E-state index in [1.54, 1.807) is 11.1 Å². The predicted octanol–water partition coefficient (Wildman–Crippen LogP) is 3.32. The van der Waals surface area contributed by atoms with E-state index in [2.05, 4.69) is 31.6 Å².